The number of nitrogens with zero attached hydrogens (tertiary/aromatic N) is 1. The molecule has 74 valence electrons. The molecule has 2 rings (SSSR count). The van der Waals surface area contributed by atoms with Crippen molar-refractivity contribution in [1.82, 2.24) is 4.90 Å². The molecule has 13 heavy (non-hydrogen) atoms. The molecular weight excluding hydrogens is 162 g/mol. The zero-order valence-electron chi connectivity index (χ0n) is 8.32. The van der Waals surface area contributed by atoms with Crippen LogP contribution in [0.15, 0.2) is 12.2 Å². The summed E-state index contributed by atoms with van der Waals surface area (Å²) in [6.45, 7) is 3.15. The lowest BCUT2D eigenvalue weighted by molar-refractivity contribution is 0.0421. The van der Waals surface area contributed by atoms with E-state index in [1.165, 1.54) is 12.8 Å². The van der Waals surface area contributed by atoms with Crippen molar-refractivity contribution in [3.05, 3.63) is 12.2 Å². The van der Waals surface area contributed by atoms with Crippen LogP contribution in [0.4, 0.5) is 0 Å². The Morgan fingerprint density at radius 3 is 2.46 bits per heavy atom. The first kappa shape index (κ1) is 9.22. The summed E-state index contributed by atoms with van der Waals surface area (Å²) >= 11 is 0. The Hall–Kier alpha value is -0.340. The van der Waals surface area contributed by atoms with Crippen molar-refractivity contribution in [3.8, 4) is 0 Å². The molecule has 0 aromatic heterocycles. The monoisotopic (exact) mass is 181 g/mol. The molecule has 0 aromatic carbocycles. The van der Waals surface area contributed by atoms with Crippen molar-refractivity contribution in [2.24, 2.45) is 0 Å². The van der Waals surface area contributed by atoms with Crippen molar-refractivity contribution in [3.63, 3.8) is 0 Å². The second-order valence-electron chi connectivity index (χ2n) is 4.28. The number of fused-ring (bicyclic) bond motifs is 2. The van der Waals surface area contributed by atoms with Gasteiger partial charge in [-0.1, -0.05) is 12.2 Å². The lowest BCUT2D eigenvalue weighted by Gasteiger charge is -2.36. The molecule has 2 heterocycles. The van der Waals surface area contributed by atoms with Gasteiger partial charge in [-0.25, -0.2) is 0 Å². The van der Waals surface area contributed by atoms with Crippen molar-refractivity contribution in [1.29, 1.82) is 0 Å². The standard InChI is InChI=1S/C11H19NO/c1-2-3-6-12-9-4-5-10(12)8-11(13)7-9/h2-3,9-11,13H,4-8H2,1H3. The fraction of sp³-hybridized carbons (Fsp3) is 0.818. The van der Waals surface area contributed by atoms with Crippen molar-refractivity contribution in [2.45, 2.75) is 50.8 Å². The van der Waals surface area contributed by atoms with Crippen LogP contribution in [0, 0.1) is 0 Å². The molecule has 2 unspecified atom stereocenters. The Labute approximate surface area is 80.2 Å². The van der Waals surface area contributed by atoms with Gasteiger partial charge in [-0.2, -0.15) is 0 Å². The molecule has 2 aliphatic heterocycles. The molecule has 2 heteroatoms. The summed E-state index contributed by atoms with van der Waals surface area (Å²) in [5.74, 6) is 0. The smallest absolute Gasteiger partial charge is 0.0570 e. The van der Waals surface area contributed by atoms with Crippen molar-refractivity contribution < 1.29 is 5.11 Å². The summed E-state index contributed by atoms with van der Waals surface area (Å²) in [5, 5.41) is 9.59. The third-order valence-corrected chi connectivity index (χ3v) is 3.41. The minimum Gasteiger partial charge on any atom is -0.393 e. The SMILES string of the molecule is CC=CCN1C2CCC1CC(O)C2. The predicted octanol–water partition coefficient (Wildman–Crippen LogP) is 1.55. The van der Waals surface area contributed by atoms with E-state index < -0.39 is 0 Å². The van der Waals surface area contributed by atoms with E-state index in [-0.39, 0.29) is 6.10 Å². The van der Waals surface area contributed by atoms with Gasteiger partial charge in [0.15, 0.2) is 0 Å². The molecule has 2 nitrogen and oxygen atoms in total. The lowest BCUT2D eigenvalue weighted by Crippen LogP contribution is -2.44. The van der Waals surface area contributed by atoms with Crippen LogP contribution in [0.2, 0.25) is 0 Å². The average molecular weight is 181 g/mol. The van der Waals surface area contributed by atoms with Gasteiger partial charge >= 0.3 is 0 Å². The summed E-state index contributed by atoms with van der Waals surface area (Å²) in [6.07, 6.45) is 8.88. The molecule has 2 atom stereocenters. The third kappa shape index (κ3) is 1.79. The first-order valence-corrected chi connectivity index (χ1v) is 5.36. The van der Waals surface area contributed by atoms with Gasteiger partial charge in [-0.05, 0) is 32.6 Å². The third-order valence-electron chi connectivity index (χ3n) is 3.41. The van der Waals surface area contributed by atoms with Gasteiger partial charge in [0.05, 0.1) is 6.10 Å². The zero-order chi connectivity index (χ0) is 9.26. The number of allylic oxidation sites excluding steroid dienone is 1. The van der Waals surface area contributed by atoms with Gasteiger partial charge in [0.2, 0.25) is 0 Å². The van der Waals surface area contributed by atoms with E-state index in [9.17, 15) is 5.11 Å². The number of piperidine rings is 1. The highest BCUT2D eigenvalue weighted by Crippen LogP contribution is 2.35. The average Bonchev–Trinajstić information content (AvgIpc) is 2.33. The van der Waals surface area contributed by atoms with Gasteiger partial charge in [0.25, 0.3) is 0 Å². The van der Waals surface area contributed by atoms with Crippen molar-refractivity contribution in [2.75, 3.05) is 6.54 Å². The second-order valence-corrected chi connectivity index (χ2v) is 4.28. The van der Waals surface area contributed by atoms with E-state index in [4.69, 9.17) is 0 Å². The maximum atomic E-state index is 9.59. The molecule has 2 bridgehead atoms. The van der Waals surface area contributed by atoms with Crippen LogP contribution in [-0.4, -0.2) is 34.7 Å². The summed E-state index contributed by atoms with van der Waals surface area (Å²) < 4.78 is 0. The normalized spacial score (nSPS) is 40.3. The highest BCUT2D eigenvalue weighted by Gasteiger charge is 2.39. The molecule has 0 spiro atoms. The maximum Gasteiger partial charge on any atom is 0.0570 e. The zero-order valence-corrected chi connectivity index (χ0v) is 8.32. The maximum absolute atomic E-state index is 9.59. The number of rotatable bonds is 2. The van der Waals surface area contributed by atoms with E-state index in [2.05, 4.69) is 24.0 Å². The van der Waals surface area contributed by atoms with Gasteiger partial charge in [0.1, 0.15) is 0 Å². The van der Waals surface area contributed by atoms with E-state index in [1.807, 2.05) is 0 Å². The molecule has 2 fully saturated rings. The van der Waals surface area contributed by atoms with Crippen LogP contribution in [0.5, 0.6) is 0 Å². The van der Waals surface area contributed by atoms with E-state index in [1.54, 1.807) is 0 Å². The van der Waals surface area contributed by atoms with Crippen LogP contribution in [-0.2, 0) is 0 Å². The highest BCUT2D eigenvalue weighted by molar-refractivity contribution is 4.98. The predicted molar refractivity (Wildman–Crippen MR) is 53.6 cm³/mol. The number of hydrogen-bond acceptors (Lipinski definition) is 2. The Kier molecular flexibility index (Phi) is 2.70. The van der Waals surface area contributed by atoms with Crippen LogP contribution in [0.25, 0.3) is 0 Å². The highest BCUT2D eigenvalue weighted by atomic mass is 16.3. The molecule has 0 aliphatic carbocycles. The number of aliphatic hydroxyl groups is 1. The Morgan fingerprint density at radius 1 is 1.31 bits per heavy atom. The largest absolute Gasteiger partial charge is 0.393 e. The van der Waals surface area contributed by atoms with Gasteiger partial charge in [-0.3, -0.25) is 4.90 Å². The quantitative estimate of drug-likeness (QED) is 0.653. The molecule has 0 aromatic rings. The molecule has 0 saturated carbocycles. The van der Waals surface area contributed by atoms with Crippen LogP contribution >= 0.6 is 0 Å². The van der Waals surface area contributed by atoms with Crippen LogP contribution in [0.3, 0.4) is 0 Å². The molecule has 1 N–H and O–H groups in total. The van der Waals surface area contributed by atoms with E-state index in [0.29, 0.717) is 12.1 Å². The fourth-order valence-electron chi connectivity index (χ4n) is 2.77. The summed E-state index contributed by atoms with van der Waals surface area (Å²) in [5.41, 5.74) is 0. The summed E-state index contributed by atoms with van der Waals surface area (Å²) in [6, 6.07) is 1.31. The molecule has 0 radical (unpaired) electrons. The van der Waals surface area contributed by atoms with Crippen molar-refractivity contribution >= 4 is 0 Å². The summed E-state index contributed by atoms with van der Waals surface area (Å²) in [7, 11) is 0. The molecule has 2 saturated heterocycles. The number of aliphatic hydroxyl groups excluding tert-OH is 1. The Balaban J connectivity index is 1.98. The van der Waals surface area contributed by atoms with E-state index in [0.717, 1.165) is 19.4 Å². The topological polar surface area (TPSA) is 23.5 Å². The first-order chi connectivity index (χ1) is 6.31. The van der Waals surface area contributed by atoms with Crippen LogP contribution in [0.1, 0.15) is 32.6 Å². The lowest BCUT2D eigenvalue weighted by atomic mass is 10.00. The molecule has 2 aliphatic rings. The molecular formula is C11H19NO. The minimum absolute atomic E-state index is 0.0284. The minimum atomic E-state index is -0.0284. The van der Waals surface area contributed by atoms with Crippen LogP contribution < -0.4 is 0 Å². The summed E-state index contributed by atoms with van der Waals surface area (Å²) in [4.78, 5) is 2.56. The van der Waals surface area contributed by atoms with Gasteiger partial charge in [0, 0.05) is 18.6 Å². The first-order valence-electron chi connectivity index (χ1n) is 5.36. The second kappa shape index (κ2) is 3.81. The van der Waals surface area contributed by atoms with Gasteiger partial charge in [-0.15, -0.1) is 0 Å². The molecule has 0 amide bonds. The fourth-order valence-corrected chi connectivity index (χ4v) is 2.77. The Bertz CT molecular complexity index is 188. The number of hydrogen-bond donors (Lipinski definition) is 1. The Morgan fingerprint density at radius 2 is 1.92 bits per heavy atom. The van der Waals surface area contributed by atoms with Gasteiger partial charge < -0.3 is 5.11 Å². The van der Waals surface area contributed by atoms with E-state index >= 15 is 0 Å².